The molecule has 5 heteroatoms. The van der Waals surface area contributed by atoms with Crippen LogP contribution in [-0.2, 0) is 16.5 Å². The van der Waals surface area contributed by atoms with Crippen molar-refractivity contribution >= 4 is 10.1 Å². The molecule has 48 heavy (non-hydrogen) atoms. The largest absolute Gasteiger partial charge is 1.00 e. The molecule has 0 saturated heterocycles. The second-order valence-electron chi connectivity index (χ2n) is 14.9. The van der Waals surface area contributed by atoms with E-state index in [-0.39, 0.29) is 34.5 Å². The summed E-state index contributed by atoms with van der Waals surface area (Å²) in [4.78, 5) is -0.105. The topological polar surface area (TPSA) is 57.2 Å². The van der Waals surface area contributed by atoms with Gasteiger partial charge in [0.05, 0.1) is 4.90 Å². The molecule has 0 aromatic heterocycles. The number of benzene rings is 1. The van der Waals surface area contributed by atoms with Gasteiger partial charge in [-0.2, -0.15) is 0 Å². The van der Waals surface area contributed by atoms with Crippen molar-refractivity contribution in [2.24, 2.45) is 0 Å². The molecule has 1 aromatic carbocycles. The molecule has 276 valence electrons. The van der Waals surface area contributed by atoms with Crippen LogP contribution in [0.25, 0.3) is 0 Å². The molecule has 0 aliphatic carbocycles. The van der Waals surface area contributed by atoms with Crippen molar-refractivity contribution in [3.05, 3.63) is 29.8 Å². The van der Waals surface area contributed by atoms with Crippen LogP contribution in [0.5, 0.6) is 0 Å². The second kappa shape index (κ2) is 36.9. The summed E-state index contributed by atoms with van der Waals surface area (Å²) in [6, 6.07) is 6.51. The molecule has 0 heterocycles. The molecule has 0 atom stereocenters. The maximum Gasteiger partial charge on any atom is 1.00 e. The van der Waals surface area contributed by atoms with Gasteiger partial charge in [0, 0.05) is 0 Å². The molecule has 0 N–H and O–H groups in total. The standard InChI is InChI=1S/C43H80O3S.Na/c1-2-3-4-5-6-7-8-9-10-11-12-13-14-15-16-17-18-19-20-21-22-23-24-25-26-27-28-29-30-31-32-33-34-35-36-38-42-39-37-40-43(41-42)47(44,45)46;/h37,39-41H,2-36,38H2,1H3,(H,44,45,46);/q;+1/p-1. The first kappa shape index (κ1) is 48.1. The Labute approximate surface area is 323 Å². The van der Waals surface area contributed by atoms with E-state index in [1.807, 2.05) is 6.07 Å². The van der Waals surface area contributed by atoms with Gasteiger partial charge in [-0.3, -0.25) is 0 Å². The molecule has 1 aromatic rings. The molecular weight excluding hydrogens is 620 g/mol. The number of rotatable bonds is 37. The van der Waals surface area contributed by atoms with Gasteiger partial charge in [0.1, 0.15) is 10.1 Å². The van der Waals surface area contributed by atoms with Gasteiger partial charge in [0.25, 0.3) is 0 Å². The average molecular weight is 699 g/mol. The van der Waals surface area contributed by atoms with Crippen LogP contribution in [0.3, 0.4) is 0 Å². The fraction of sp³-hybridized carbons (Fsp3) is 0.860. The van der Waals surface area contributed by atoms with Gasteiger partial charge in [0.2, 0.25) is 0 Å². The first-order valence-corrected chi connectivity index (χ1v) is 22.5. The molecule has 3 nitrogen and oxygen atoms in total. The quantitative estimate of drug-likeness (QED) is 0.0395. The summed E-state index contributed by atoms with van der Waals surface area (Å²) in [6.45, 7) is 2.30. The van der Waals surface area contributed by atoms with Crippen LogP contribution in [0.1, 0.15) is 237 Å². The zero-order chi connectivity index (χ0) is 33.9. The third kappa shape index (κ3) is 33.3. The summed E-state index contributed by atoms with van der Waals surface area (Å²) < 4.78 is 33.5. The molecule has 0 unspecified atom stereocenters. The Kier molecular flexibility index (Phi) is 37.0. The van der Waals surface area contributed by atoms with E-state index in [9.17, 15) is 13.0 Å². The summed E-state index contributed by atoms with van der Waals surface area (Å²) >= 11 is 0. The predicted octanol–water partition coefficient (Wildman–Crippen LogP) is 11.8. The molecule has 0 aliphatic rings. The molecule has 1 rings (SSSR count). The summed E-state index contributed by atoms with van der Waals surface area (Å²) in [5.41, 5.74) is 0.952. The van der Waals surface area contributed by atoms with Crippen molar-refractivity contribution in [3.63, 3.8) is 0 Å². The van der Waals surface area contributed by atoms with Crippen LogP contribution in [0.15, 0.2) is 29.2 Å². The molecule has 0 bridgehead atoms. The molecule has 0 saturated carbocycles. The third-order valence-corrected chi connectivity index (χ3v) is 11.1. The van der Waals surface area contributed by atoms with Crippen molar-refractivity contribution in [1.82, 2.24) is 0 Å². The fourth-order valence-corrected chi connectivity index (χ4v) is 7.63. The van der Waals surface area contributed by atoms with Crippen LogP contribution in [0.2, 0.25) is 0 Å². The Hall–Kier alpha value is 0.130. The van der Waals surface area contributed by atoms with Crippen molar-refractivity contribution in [2.45, 2.75) is 243 Å². The number of unbranched alkanes of at least 4 members (excludes halogenated alkanes) is 34. The van der Waals surface area contributed by atoms with E-state index in [0.29, 0.717) is 0 Å². The van der Waals surface area contributed by atoms with E-state index in [1.54, 1.807) is 6.07 Å². The van der Waals surface area contributed by atoms with Crippen LogP contribution in [0.4, 0.5) is 0 Å². The van der Waals surface area contributed by atoms with Gasteiger partial charge in [0.15, 0.2) is 0 Å². The minimum absolute atomic E-state index is 0. The molecule has 0 amide bonds. The van der Waals surface area contributed by atoms with Gasteiger partial charge in [-0.25, -0.2) is 8.42 Å². The normalized spacial score (nSPS) is 11.6. The summed E-state index contributed by atoms with van der Waals surface area (Å²) in [7, 11) is -4.35. The van der Waals surface area contributed by atoms with Crippen molar-refractivity contribution in [2.75, 3.05) is 0 Å². The average Bonchev–Trinajstić information content (AvgIpc) is 3.06. The Morgan fingerprint density at radius 1 is 0.417 bits per heavy atom. The van der Waals surface area contributed by atoms with E-state index < -0.39 is 10.1 Å². The van der Waals surface area contributed by atoms with Crippen LogP contribution >= 0.6 is 0 Å². The van der Waals surface area contributed by atoms with Crippen LogP contribution in [-0.4, -0.2) is 13.0 Å². The van der Waals surface area contributed by atoms with Gasteiger partial charge < -0.3 is 4.55 Å². The number of aryl methyl sites for hydroxylation is 1. The van der Waals surface area contributed by atoms with Crippen LogP contribution in [0, 0.1) is 0 Å². The fourth-order valence-electron chi connectivity index (χ4n) is 7.09. The van der Waals surface area contributed by atoms with Gasteiger partial charge in [-0.05, 0) is 30.5 Å². The summed E-state index contributed by atoms with van der Waals surface area (Å²) in [5.74, 6) is 0. The smallest absolute Gasteiger partial charge is 0.744 e. The predicted molar refractivity (Wildman–Crippen MR) is 205 cm³/mol. The molecule has 0 radical (unpaired) electrons. The van der Waals surface area contributed by atoms with Crippen molar-refractivity contribution in [3.8, 4) is 0 Å². The van der Waals surface area contributed by atoms with E-state index in [4.69, 9.17) is 0 Å². The summed E-state index contributed by atoms with van der Waals surface area (Å²) in [5, 5.41) is 0. The van der Waals surface area contributed by atoms with Crippen molar-refractivity contribution < 1.29 is 42.5 Å². The maximum atomic E-state index is 11.2. The summed E-state index contributed by atoms with van der Waals surface area (Å²) in [6.07, 6.45) is 50.5. The SMILES string of the molecule is CCCCCCCCCCCCCCCCCCCCCCCCCCCCCCCCCCCCCc1cccc(S(=O)(=O)[O-])c1.[Na+]. The molecule has 0 fully saturated rings. The van der Waals surface area contributed by atoms with E-state index in [2.05, 4.69) is 6.92 Å². The third-order valence-electron chi connectivity index (χ3n) is 10.3. The Bertz CT molecular complexity index is 888. The zero-order valence-electron chi connectivity index (χ0n) is 32.4. The zero-order valence-corrected chi connectivity index (χ0v) is 35.2. The van der Waals surface area contributed by atoms with Crippen molar-refractivity contribution in [1.29, 1.82) is 0 Å². The molecule has 0 aliphatic heterocycles. The van der Waals surface area contributed by atoms with Gasteiger partial charge in [-0.15, -0.1) is 0 Å². The first-order valence-electron chi connectivity index (χ1n) is 21.1. The van der Waals surface area contributed by atoms with Gasteiger partial charge >= 0.3 is 29.6 Å². The van der Waals surface area contributed by atoms with E-state index >= 15 is 0 Å². The molecular formula is C43H79NaO3S. The van der Waals surface area contributed by atoms with E-state index in [0.717, 1.165) is 18.4 Å². The van der Waals surface area contributed by atoms with E-state index in [1.165, 1.54) is 230 Å². The van der Waals surface area contributed by atoms with Crippen LogP contribution < -0.4 is 29.6 Å². The maximum absolute atomic E-state index is 11.2. The Morgan fingerprint density at radius 3 is 0.917 bits per heavy atom. The monoisotopic (exact) mass is 699 g/mol. The first-order chi connectivity index (χ1) is 23.0. The van der Waals surface area contributed by atoms with Gasteiger partial charge in [-0.1, -0.05) is 237 Å². The number of hydrogen-bond acceptors (Lipinski definition) is 3. The minimum atomic E-state index is -4.35. The minimum Gasteiger partial charge on any atom is -0.744 e. The number of hydrogen-bond donors (Lipinski definition) is 0. The Morgan fingerprint density at radius 2 is 0.667 bits per heavy atom. The Balaban J connectivity index is 0.0000221. The molecule has 0 spiro atoms. The second-order valence-corrected chi connectivity index (χ2v) is 16.3.